The van der Waals surface area contributed by atoms with Crippen molar-refractivity contribution in [3.63, 3.8) is 0 Å². The van der Waals surface area contributed by atoms with Crippen LogP contribution in [-0.2, 0) is 18.6 Å². The van der Waals surface area contributed by atoms with Crippen LogP contribution in [0.3, 0.4) is 0 Å². The molecule has 2 aromatic rings. The van der Waals surface area contributed by atoms with Crippen LogP contribution in [0.2, 0.25) is 5.02 Å². The predicted octanol–water partition coefficient (Wildman–Crippen LogP) is 2.80. The smallest absolute Gasteiger partial charge is 0.296 e. The Morgan fingerprint density at radius 2 is 1.95 bits per heavy atom. The molecule has 2 N–H and O–H groups in total. The topological polar surface area (TPSA) is 103 Å². The first-order valence-corrected chi connectivity index (χ1v) is 12.9. The maximum Gasteiger partial charge on any atom is 0.296 e. The molecule has 0 bridgehead atoms. The minimum absolute atomic E-state index is 0.0355. The van der Waals surface area contributed by atoms with Crippen molar-refractivity contribution >= 4 is 23.4 Å². The summed E-state index contributed by atoms with van der Waals surface area (Å²) in [6.45, 7) is -0.867. The zero-order chi connectivity index (χ0) is 26.2. The molecule has 196 valence electrons. The van der Waals surface area contributed by atoms with Crippen molar-refractivity contribution in [2.24, 2.45) is 11.8 Å². The van der Waals surface area contributed by atoms with Crippen LogP contribution in [-0.4, -0.2) is 62.3 Å². The van der Waals surface area contributed by atoms with Crippen molar-refractivity contribution in [3.05, 3.63) is 61.8 Å². The predicted molar refractivity (Wildman–Crippen MR) is 129 cm³/mol. The number of aromatic hydroxyl groups is 1. The number of aliphatic hydroxyl groups is 1. The molecule has 3 heterocycles. The number of hydrogen-bond acceptors (Lipinski definition) is 5. The molecule has 4 aliphatic rings. The summed E-state index contributed by atoms with van der Waals surface area (Å²) in [5.41, 5.74) is -1.27. The van der Waals surface area contributed by atoms with Crippen LogP contribution in [0.4, 0.5) is 8.78 Å². The Morgan fingerprint density at radius 1 is 1.16 bits per heavy atom. The number of carbonyl (C=O) groups is 2. The Bertz CT molecular complexity index is 1400. The standard InChI is InChI=1S/C26H26ClF2N3O5/c27-18-9-13(1-4-19(18)29)10-30-8-6-16-20(23(30)35)22(34)25(37)32-21(16)24(36)31(11-15(28)12-33)26(32)7-5-14-2-3-17(14)26/h1,4,9,14-15,17,33-34H,2-3,5-8,10-12H2/t14-,15?,17-,26-/m1/s1. The van der Waals surface area contributed by atoms with E-state index < -0.39 is 47.4 Å². The maximum atomic E-state index is 14.5. The molecule has 37 heavy (non-hydrogen) atoms. The SMILES string of the molecule is O=C1c2c(c3n(c(=O)c2O)[C@@]2(CC[C@H]4CC[C@H]42)N(CC(F)CO)C3=O)CCN1Cc1ccc(F)c(Cl)c1. The highest BCUT2D eigenvalue weighted by molar-refractivity contribution is 6.30. The second kappa shape index (κ2) is 8.52. The molecule has 1 unspecified atom stereocenters. The van der Waals surface area contributed by atoms with E-state index in [4.69, 9.17) is 11.6 Å². The third-order valence-corrected chi connectivity index (χ3v) is 9.01. The van der Waals surface area contributed by atoms with E-state index in [1.54, 1.807) is 0 Å². The van der Waals surface area contributed by atoms with Gasteiger partial charge in [0.1, 0.15) is 23.3 Å². The molecule has 11 heteroatoms. The Kier molecular flexibility index (Phi) is 5.61. The number of amides is 2. The molecule has 4 atom stereocenters. The van der Waals surface area contributed by atoms with Gasteiger partial charge in [0.15, 0.2) is 5.75 Å². The number of carbonyl (C=O) groups excluding carboxylic acids is 2. The maximum absolute atomic E-state index is 14.5. The lowest BCUT2D eigenvalue weighted by Gasteiger charge is -2.46. The lowest BCUT2D eigenvalue weighted by Crippen LogP contribution is -2.56. The van der Waals surface area contributed by atoms with Gasteiger partial charge in [0.2, 0.25) is 0 Å². The van der Waals surface area contributed by atoms with E-state index in [2.05, 4.69) is 0 Å². The van der Waals surface area contributed by atoms with Gasteiger partial charge >= 0.3 is 0 Å². The first-order valence-electron chi connectivity index (χ1n) is 12.5. The van der Waals surface area contributed by atoms with E-state index in [1.165, 1.54) is 32.6 Å². The van der Waals surface area contributed by atoms with Crippen molar-refractivity contribution in [2.45, 2.75) is 50.5 Å². The Balaban J connectivity index is 1.45. The van der Waals surface area contributed by atoms with Gasteiger partial charge < -0.3 is 20.0 Å². The fourth-order valence-corrected chi connectivity index (χ4v) is 7.14. The number of aromatic nitrogens is 1. The van der Waals surface area contributed by atoms with Crippen molar-refractivity contribution in [1.82, 2.24) is 14.4 Å². The van der Waals surface area contributed by atoms with Crippen LogP contribution in [0.1, 0.15) is 57.7 Å². The fourth-order valence-electron chi connectivity index (χ4n) is 6.93. The van der Waals surface area contributed by atoms with Crippen LogP contribution < -0.4 is 5.56 Å². The largest absolute Gasteiger partial charge is 0.502 e. The quantitative estimate of drug-likeness (QED) is 0.615. The molecule has 2 saturated carbocycles. The molecule has 1 aromatic carbocycles. The number of rotatable bonds is 5. The van der Waals surface area contributed by atoms with Crippen LogP contribution in [0.5, 0.6) is 5.75 Å². The summed E-state index contributed by atoms with van der Waals surface area (Å²) in [7, 11) is 0. The summed E-state index contributed by atoms with van der Waals surface area (Å²) in [4.78, 5) is 43.8. The minimum Gasteiger partial charge on any atom is -0.502 e. The first-order chi connectivity index (χ1) is 17.7. The van der Waals surface area contributed by atoms with E-state index in [1.807, 2.05) is 0 Å². The molecule has 8 nitrogen and oxygen atoms in total. The molecule has 2 aliphatic heterocycles. The average Bonchev–Trinajstić information content (AvgIpc) is 3.24. The number of aliphatic hydroxyl groups excluding tert-OH is 1. The van der Waals surface area contributed by atoms with Gasteiger partial charge in [-0.25, -0.2) is 8.78 Å². The number of halogens is 3. The Labute approximate surface area is 216 Å². The van der Waals surface area contributed by atoms with Gasteiger partial charge in [-0.3, -0.25) is 19.0 Å². The Morgan fingerprint density at radius 3 is 2.59 bits per heavy atom. The molecule has 1 spiro atoms. The van der Waals surface area contributed by atoms with Gasteiger partial charge in [-0.05, 0) is 55.7 Å². The highest BCUT2D eigenvalue weighted by Crippen LogP contribution is 2.60. The highest BCUT2D eigenvalue weighted by Gasteiger charge is 2.63. The zero-order valence-corrected chi connectivity index (χ0v) is 20.7. The van der Waals surface area contributed by atoms with Crippen molar-refractivity contribution < 1.29 is 28.6 Å². The summed E-state index contributed by atoms with van der Waals surface area (Å²) in [6, 6.07) is 4.10. The Hall–Kier alpha value is -2.98. The van der Waals surface area contributed by atoms with Crippen LogP contribution in [0.25, 0.3) is 0 Å². The van der Waals surface area contributed by atoms with Gasteiger partial charge in [0.05, 0.1) is 23.7 Å². The second-order valence-electron chi connectivity index (χ2n) is 10.5. The van der Waals surface area contributed by atoms with E-state index in [0.29, 0.717) is 12.0 Å². The highest BCUT2D eigenvalue weighted by atomic mass is 35.5. The third-order valence-electron chi connectivity index (χ3n) is 8.72. The summed E-state index contributed by atoms with van der Waals surface area (Å²) in [5.74, 6) is -2.25. The number of hydrogen-bond donors (Lipinski definition) is 2. The van der Waals surface area contributed by atoms with E-state index in [9.17, 15) is 33.4 Å². The lowest BCUT2D eigenvalue weighted by molar-refractivity contribution is -0.0359. The van der Waals surface area contributed by atoms with Gasteiger partial charge in [-0.2, -0.15) is 0 Å². The number of fused-ring (bicyclic) bond motifs is 6. The van der Waals surface area contributed by atoms with Gasteiger partial charge in [0.25, 0.3) is 17.4 Å². The minimum atomic E-state index is -1.69. The molecule has 1 aromatic heterocycles. The lowest BCUT2D eigenvalue weighted by atomic mass is 9.72. The van der Waals surface area contributed by atoms with Crippen molar-refractivity contribution in [3.8, 4) is 5.75 Å². The van der Waals surface area contributed by atoms with E-state index in [0.717, 1.165) is 19.3 Å². The molecular weight excluding hydrogens is 508 g/mol. The summed E-state index contributed by atoms with van der Waals surface area (Å²) < 4.78 is 29.4. The average molecular weight is 534 g/mol. The molecule has 6 rings (SSSR count). The monoisotopic (exact) mass is 533 g/mol. The van der Waals surface area contributed by atoms with Crippen molar-refractivity contribution in [2.75, 3.05) is 19.7 Å². The van der Waals surface area contributed by atoms with Gasteiger partial charge in [0, 0.05) is 24.6 Å². The normalized spacial score (nSPS) is 26.8. The van der Waals surface area contributed by atoms with Crippen molar-refractivity contribution in [1.29, 1.82) is 0 Å². The molecule has 0 radical (unpaired) electrons. The van der Waals surface area contributed by atoms with Gasteiger partial charge in [-0.1, -0.05) is 17.7 Å². The molecular formula is C26H26ClF2N3O5. The van der Waals surface area contributed by atoms with E-state index in [-0.39, 0.29) is 59.7 Å². The number of nitrogens with zero attached hydrogens (tertiary/aromatic N) is 3. The van der Waals surface area contributed by atoms with Crippen LogP contribution in [0, 0.1) is 17.7 Å². The van der Waals surface area contributed by atoms with Gasteiger partial charge in [-0.15, -0.1) is 0 Å². The second-order valence-corrected chi connectivity index (χ2v) is 10.9. The molecule has 2 aliphatic carbocycles. The number of alkyl halides is 1. The number of benzene rings is 1. The summed E-state index contributed by atoms with van der Waals surface area (Å²) in [6.07, 6.45) is 1.44. The molecule has 0 saturated heterocycles. The van der Waals surface area contributed by atoms with Crippen LogP contribution in [0.15, 0.2) is 23.0 Å². The molecule has 2 amide bonds. The fraction of sp³-hybridized carbons (Fsp3) is 0.500. The summed E-state index contributed by atoms with van der Waals surface area (Å²) in [5, 5.41) is 20.3. The summed E-state index contributed by atoms with van der Waals surface area (Å²) >= 11 is 5.87. The first kappa shape index (κ1) is 24.4. The molecule has 2 fully saturated rings. The zero-order valence-electron chi connectivity index (χ0n) is 19.9. The number of pyridine rings is 1. The van der Waals surface area contributed by atoms with E-state index >= 15 is 0 Å². The third kappa shape index (κ3) is 3.31. The van der Waals surface area contributed by atoms with Crippen LogP contribution >= 0.6 is 11.6 Å².